The van der Waals surface area contributed by atoms with Crippen LogP contribution in [0.15, 0.2) is 0 Å². The normalized spacial score (nSPS) is 29.7. The molecule has 0 saturated carbocycles. The summed E-state index contributed by atoms with van der Waals surface area (Å²) in [6.07, 6.45) is 6.96. The van der Waals surface area contributed by atoms with Crippen LogP contribution in [0.2, 0.25) is 0 Å². The lowest BCUT2D eigenvalue weighted by Crippen LogP contribution is -2.26. The van der Waals surface area contributed by atoms with Crippen LogP contribution in [-0.2, 0) is 0 Å². The van der Waals surface area contributed by atoms with E-state index in [2.05, 4.69) is 12.2 Å². The standard InChI is InChI=1S/C8H17N/c1-2-8-6-4-3-5-7-9-8/h8-9H,2-7H2,1H3/t8-/m1/s1. The third-order valence-electron chi connectivity index (χ3n) is 2.16. The van der Waals surface area contributed by atoms with Crippen LogP contribution >= 0.6 is 0 Å². The van der Waals surface area contributed by atoms with Gasteiger partial charge in [-0.15, -0.1) is 0 Å². The van der Waals surface area contributed by atoms with Gasteiger partial charge in [-0.05, 0) is 25.8 Å². The maximum atomic E-state index is 3.53. The molecule has 0 amide bonds. The van der Waals surface area contributed by atoms with Crippen molar-refractivity contribution < 1.29 is 0 Å². The van der Waals surface area contributed by atoms with E-state index < -0.39 is 0 Å². The van der Waals surface area contributed by atoms with E-state index in [-0.39, 0.29) is 0 Å². The monoisotopic (exact) mass is 127 g/mol. The van der Waals surface area contributed by atoms with Gasteiger partial charge in [0.05, 0.1) is 0 Å². The molecule has 1 aliphatic heterocycles. The Balaban J connectivity index is 2.18. The lowest BCUT2D eigenvalue weighted by atomic mass is 10.1. The molecule has 0 unspecified atom stereocenters. The summed E-state index contributed by atoms with van der Waals surface area (Å²) in [6, 6.07) is 0.826. The second kappa shape index (κ2) is 3.89. The highest BCUT2D eigenvalue weighted by molar-refractivity contribution is 4.68. The van der Waals surface area contributed by atoms with Crippen molar-refractivity contribution >= 4 is 0 Å². The zero-order valence-electron chi connectivity index (χ0n) is 6.32. The van der Waals surface area contributed by atoms with Gasteiger partial charge in [0.2, 0.25) is 0 Å². The van der Waals surface area contributed by atoms with Gasteiger partial charge in [0.1, 0.15) is 0 Å². The van der Waals surface area contributed by atoms with E-state index in [4.69, 9.17) is 0 Å². The van der Waals surface area contributed by atoms with Crippen LogP contribution in [0.4, 0.5) is 0 Å². The second-order valence-electron chi connectivity index (χ2n) is 2.91. The number of rotatable bonds is 1. The third kappa shape index (κ3) is 2.35. The Kier molecular flexibility index (Phi) is 3.05. The quantitative estimate of drug-likeness (QED) is 0.567. The van der Waals surface area contributed by atoms with Gasteiger partial charge in [-0.2, -0.15) is 0 Å². The van der Waals surface area contributed by atoms with E-state index >= 15 is 0 Å². The number of hydrogen-bond donors (Lipinski definition) is 1. The largest absolute Gasteiger partial charge is 0.314 e. The van der Waals surface area contributed by atoms with Crippen LogP contribution in [0, 0.1) is 0 Å². The van der Waals surface area contributed by atoms with Crippen molar-refractivity contribution in [2.45, 2.75) is 45.1 Å². The summed E-state index contributed by atoms with van der Waals surface area (Å²) in [4.78, 5) is 0. The third-order valence-corrected chi connectivity index (χ3v) is 2.16. The summed E-state index contributed by atoms with van der Waals surface area (Å²) in [5.41, 5.74) is 0. The van der Waals surface area contributed by atoms with Crippen LogP contribution in [0.25, 0.3) is 0 Å². The molecule has 0 aromatic rings. The molecule has 0 aromatic heterocycles. The lowest BCUT2D eigenvalue weighted by Gasteiger charge is -2.11. The molecule has 0 radical (unpaired) electrons. The first-order chi connectivity index (χ1) is 4.43. The molecule has 0 aromatic carbocycles. The second-order valence-corrected chi connectivity index (χ2v) is 2.91. The SMILES string of the molecule is CC[C@@H]1CCCCCN1. The summed E-state index contributed by atoms with van der Waals surface area (Å²) in [5, 5.41) is 3.53. The molecule has 1 atom stereocenters. The topological polar surface area (TPSA) is 12.0 Å². The van der Waals surface area contributed by atoms with Gasteiger partial charge < -0.3 is 5.32 Å². The van der Waals surface area contributed by atoms with E-state index in [0.717, 1.165) is 6.04 Å². The highest BCUT2D eigenvalue weighted by Gasteiger charge is 2.07. The Morgan fingerprint density at radius 3 is 3.00 bits per heavy atom. The Morgan fingerprint density at radius 2 is 2.22 bits per heavy atom. The summed E-state index contributed by atoms with van der Waals surface area (Å²) in [6.45, 7) is 3.52. The fourth-order valence-electron chi connectivity index (χ4n) is 1.45. The van der Waals surface area contributed by atoms with Gasteiger partial charge in [0, 0.05) is 6.04 Å². The maximum absolute atomic E-state index is 3.53. The first-order valence-corrected chi connectivity index (χ1v) is 4.17. The van der Waals surface area contributed by atoms with E-state index in [1.165, 1.54) is 38.6 Å². The average Bonchev–Trinajstić information content (AvgIpc) is 2.13. The van der Waals surface area contributed by atoms with Crippen molar-refractivity contribution in [3.63, 3.8) is 0 Å². The minimum Gasteiger partial charge on any atom is -0.314 e. The summed E-state index contributed by atoms with van der Waals surface area (Å²) in [5.74, 6) is 0. The van der Waals surface area contributed by atoms with Crippen molar-refractivity contribution in [3.8, 4) is 0 Å². The van der Waals surface area contributed by atoms with Crippen LogP contribution < -0.4 is 5.32 Å². The van der Waals surface area contributed by atoms with Crippen LogP contribution in [0.1, 0.15) is 39.0 Å². The first-order valence-electron chi connectivity index (χ1n) is 4.17. The molecule has 9 heavy (non-hydrogen) atoms. The van der Waals surface area contributed by atoms with Gasteiger partial charge in [0.15, 0.2) is 0 Å². The fraction of sp³-hybridized carbons (Fsp3) is 1.00. The van der Waals surface area contributed by atoms with Gasteiger partial charge in [-0.1, -0.05) is 19.8 Å². The lowest BCUT2D eigenvalue weighted by molar-refractivity contribution is 0.497. The molecule has 1 aliphatic rings. The van der Waals surface area contributed by atoms with Crippen LogP contribution in [-0.4, -0.2) is 12.6 Å². The smallest absolute Gasteiger partial charge is 0.00644 e. The highest BCUT2D eigenvalue weighted by Crippen LogP contribution is 2.09. The molecule has 1 fully saturated rings. The van der Waals surface area contributed by atoms with Crippen molar-refractivity contribution in [2.75, 3.05) is 6.54 Å². The molecule has 1 N–H and O–H groups in total. The highest BCUT2D eigenvalue weighted by atomic mass is 14.9. The Bertz CT molecular complexity index is 63.0. The zero-order chi connectivity index (χ0) is 6.53. The molecule has 0 spiro atoms. The maximum Gasteiger partial charge on any atom is 0.00644 e. The Labute approximate surface area is 57.8 Å². The van der Waals surface area contributed by atoms with Crippen molar-refractivity contribution in [1.82, 2.24) is 5.32 Å². The Morgan fingerprint density at radius 1 is 1.33 bits per heavy atom. The van der Waals surface area contributed by atoms with Crippen molar-refractivity contribution in [1.29, 1.82) is 0 Å². The molecular formula is C8H17N. The number of nitrogens with one attached hydrogen (secondary N) is 1. The van der Waals surface area contributed by atoms with E-state index in [9.17, 15) is 0 Å². The first kappa shape index (κ1) is 7.07. The van der Waals surface area contributed by atoms with Crippen LogP contribution in [0.3, 0.4) is 0 Å². The van der Waals surface area contributed by atoms with Gasteiger partial charge >= 0.3 is 0 Å². The molecule has 1 nitrogen and oxygen atoms in total. The molecule has 1 heteroatoms. The molecule has 54 valence electrons. The van der Waals surface area contributed by atoms with Crippen LogP contribution in [0.5, 0.6) is 0 Å². The summed E-state index contributed by atoms with van der Waals surface area (Å²) < 4.78 is 0. The van der Waals surface area contributed by atoms with Gasteiger partial charge in [-0.3, -0.25) is 0 Å². The summed E-state index contributed by atoms with van der Waals surface area (Å²) in [7, 11) is 0. The van der Waals surface area contributed by atoms with Gasteiger partial charge in [0.25, 0.3) is 0 Å². The minimum atomic E-state index is 0.826. The van der Waals surface area contributed by atoms with E-state index in [0.29, 0.717) is 0 Å². The predicted octanol–water partition coefficient (Wildman–Crippen LogP) is 1.93. The molecule has 1 heterocycles. The molecular weight excluding hydrogens is 110 g/mol. The average molecular weight is 127 g/mol. The van der Waals surface area contributed by atoms with Crippen molar-refractivity contribution in [3.05, 3.63) is 0 Å². The molecule has 0 bridgehead atoms. The Hall–Kier alpha value is -0.0400. The van der Waals surface area contributed by atoms with Gasteiger partial charge in [-0.25, -0.2) is 0 Å². The van der Waals surface area contributed by atoms with E-state index in [1.807, 2.05) is 0 Å². The predicted molar refractivity (Wildman–Crippen MR) is 40.5 cm³/mol. The molecule has 1 saturated heterocycles. The zero-order valence-corrected chi connectivity index (χ0v) is 6.32. The molecule has 1 rings (SSSR count). The minimum absolute atomic E-state index is 0.826. The molecule has 0 aliphatic carbocycles. The summed E-state index contributed by atoms with van der Waals surface area (Å²) >= 11 is 0. The van der Waals surface area contributed by atoms with E-state index in [1.54, 1.807) is 0 Å². The van der Waals surface area contributed by atoms with Crippen molar-refractivity contribution in [2.24, 2.45) is 0 Å². The number of hydrogen-bond acceptors (Lipinski definition) is 1. The fourth-order valence-corrected chi connectivity index (χ4v) is 1.45.